The largest absolute Gasteiger partial charge is 0.324 e. The molecule has 30 heavy (non-hydrogen) atoms. The topological polar surface area (TPSA) is 115 Å². The van der Waals surface area contributed by atoms with Gasteiger partial charge in [-0.15, -0.1) is 0 Å². The number of primary sulfonamides is 1. The lowest BCUT2D eigenvalue weighted by Crippen LogP contribution is -2.44. The van der Waals surface area contributed by atoms with Gasteiger partial charge in [0.25, 0.3) is 0 Å². The summed E-state index contributed by atoms with van der Waals surface area (Å²) in [7, 11) is -3.75. The Morgan fingerprint density at radius 2 is 1.87 bits per heavy atom. The predicted molar refractivity (Wildman–Crippen MR) is 112 cm³/mol. The normalized spacial score (nSPS) is 18.3. The molecule has 0 atom stereocenters. The molecule has 156 valence electrons. The molecule has 0 bridgehead atoms. The summed E-state index contributed by atoms with van der Waals surface area (Å²) < 4.78 is 39.9. The molecule has 1 saturated carbocycles. The summed E-state index contributed by atoms with van der Waals surface area (Å²) >= 11 is 0. The first kappa shape index (κ1) is 19.1. The molecule has 1 aromatic carbocycles. The maximum Gasteiger partial charge on any atom is 0.238 e. The maximum absolute atomic E-state index is 15.0. The number of hydrogen-bond acceptors (Lipinski definition) is 6. The number of nitrogens with two attached hydrogens (primary N) is 1. The molecule has 10 heteroatoms. The smallest absolute Gasteiger partial charge is 0.238 e. The van der Waals surface area contributed by atoms with Crippen LogP contribution in [0.1, 0.15) is 37.8 Å². The highest BCUT2D eigenvalue weighted by Crippen LogP contribution is 2.42. The number of halogens is 1. The number of sulfonamides is 1. The number of nitrogens with zero attached hydrogens (tertiary/aromatic N) is 4. The molecule has 5 rings (SSSR count). The Balaban J connectivity index is 1.54. The van der Waals surface area contributed by atoms with Crippen molar-refractivity contribution in [3.8, 4) is 0 Å². The van der Waals surface area contributed by atoms with Crippen molar-refractivity contribution in [3.63, 3.8) is 0 Å². The van der Waals surface area contributed by atoms with E-state index in [4.69, 9.17) is 5.14 Å². The average molecular weight is 428 g/mol. The Morgan fingerprint density at radius 1 is 1.13 bits per heavy atom. The van der Waals surface area contributed by atoms with Gasteiger partial charge in [0.2, 0.25) is 21.9 Å². The lowest BCUT2D eigenvalue weighted by atomic mass is 9.80. The summed E-state index contributed by atoms with van der Waals surface area (Å²) in [6.07, 6.45) is 6.13. The first-order valence-electron chi connectivity index (χ1n) is 9.85. The first-order chi connectivity index (χ1) is 14.4. The third-order valence-electron chi connectivity index (χ3n) is 5.93. The quantitative estimate of drug-likeness (QED) is 0.664. The molecule has 1 aliphatic heterocycles. The molecule has 3 N–H and O–H groups in total. The highest BCUT2D eigenvalue weighted by Gasteiger charge is 2.44. The summed E-state index contributed by atoms with van der Waals surface area (Å²) in [4.78, 5) is 13.2. The molecule has 8 nitrogen and oxygen atoms in total. The number of nitrogens with one attached hydrogen (secondary N) is 1. The van der Waals surface area contributed by atoms with E-state index < -0.39 is 15.6 Å². The zero-order chi connectivity index (χ0) is 20.9. The summed E-state index contributed by atoms with van der Waals surface area (Å²) in [6, 6.07) is 7.99. The molecule has 0 unspecified atom stereocenters. The minimum Gasteiger partial charge on any atom is -0.324 e. The molecule has 3 heterocycles. The Bertz CT molecular complexity index is 1260. The van der Waals surface area contributed by atoms with Gasteiger partial charge < -0.3 is 9.88 Å². The van der Waals surface area contributed by atoms with E-state index in [0.29, 0.717) is 36.7 Å². The number of hydrogen-bond donors (Lipinski definition) is 2. The maximum atomic E-state index is 15.0. The Hall–Kier alpha value is -2.85. The Morgan fingerprint density at radius 3 is 2.57 bits per heavy atom. The number of benzene rings is 1. The van der Waals surface area contributed by atoms with Crippen LogP contribution in [-0.2, 0) is 22.1 Å². The lowest BCUT2D eigenvalue weighted by Gasteiger charge is -2.40. The monoisotopic (exact) mass is 428 g/mol. The molecular weight excluding hydrogens is 407 g/mol. The minimum absolute atomic E-state index is 0.0269. The summed E-state index contributed by atoms with van der Waals surface area (Å²) in [5.74, 6) is 0.0412. The van der Waals surface area contributed by atoms with Crippen LogP contribution in [0.3, 0.4) is 0 Å². The second-order valence-electron chi connectivity index (χ2n) is 7.84. The second kappa shape index (κ2) is 6.85. The molecular formula is C20H21FN6O2S. The third kappa shape index (κ3) is 3.07. The van der Waals surface area contributed by atoms with Gasteiger partial charge in [0.05, 0.1) is 11.4 Å². The fraction of sp³-hybridized carbons (Fsp3) is 0.350. The van der Waals surface area contributed by atoms with Crippen LogP contribution in [-0.4, -0.2) is 28.9 Å². The fourth-order valence-electron chi connectivity index (χ4n) is 4.51. The highest BCUT2D eigenvalue weighted by atomic mass is 32.2. The van der Waals surface area contributed by atoms with E-state index >= 15 is 4.39 Å². The van der Waals surface area contributed by atoms with Crippen LogP contribution in [0, 0.1) is 0 Å². The first-order valence-corrected chi connectivity index (χ1v) is 11.4. The van der Waals surface area contributed by atoms with Crippen LogP contribution >= 0.6 is 0 Å². The van der Waals surface area contributed by atoms with Crippen molar-refractivity contribution in [2.24, 2.45) is 10.1 Å². The molecule has 2 aliphatic rings. The van der Waals surface area contributed by atoms with Crippen LogP contribution in [0.25, 0.3) is 11.0 Å². The second-order valence-corrected chi connectivity index (χ2v) is 9.40. The van der Waals surface area contributed by atoms with E-state index in [1.807, 2.05) is 10.6 Å². The average Bonchev–Trinajstić information content (AvgIpc) is 3.10. The minimum atomic E-state index is -3.75. The number of anilines is 2. The van der Waals surface area contributed by atoms with Gasteiger partial charge in [-0.3, -0.25) is 4.99 Å². The van der Waals surface area contributed by atoms with Crippen LogP contribution in [0.15, 0.2) is 46.4 Å². The molecule has 0 saturated heterocycles. The molecule has 1 spiro atoms. The van der Waals surface area contributed by atoms with Crippen LogP contribution < -0.4 is 10.5 Å². The van der Waals surface area contributed by atoms with E-state index in [1.165, 1.54) is 12.1 Å². The Kier molecular flexibility index (Phi) is 4.37. The Labute approximate surface area is 173 Å². The standard InChI is InChI=1S/C20H21FN6O2S/c21-18-20(8-2-1-3-9-20)27-15(12-23-18)10-13-11-24-19(26-17(13)27)25-14-4-6-16(7-5-14)30(22,28)29/h4-7,10-11H,1-3,8-9,12H2,(H2,22,28,29)(H,24,25,26). The van der Waals surface area contributed by atoms with Crippen LogP contribution in [0.2, 0.25) is 0 Å². The van der Waals surface area contributed by atoms with E-state index in [9.17, 15) is 8.42 Å². The summed E-state index contributed by atoms with van der Waals surface area (Å²) in [6.45, 7) is 0.293. The van der Waals surface area contributed by atoms with Gasteiger partial charge in [-0.1, -0.05) is 19.3 Å². The molecule has 1 fully saturated rings. The van der Waals surface area contributed by atoms with Gasteiger partial charge in [-0.05, 0) is 43.2 Å². The molecule has 0 radical (unpaired) electrons. The molecule has 1 aliphatic carbocycles. The van der Waals surface area contributed by atoms with Gasteiger partial charge >= 0.3 is 0 Å². The van der Waals surface area contributed by atoms with Crippen LogP contribution in [0.5, 0.6) is 0 Å². The number of aromatic nitrogens is 3. The SMILES string of the molecule is NS(=O)(=O)c1ccc(Nc2ncc3cc4n(c3n2)C2(CCCCC2)C(F)=NC4)cc1. The van der Waals surface area contributed by atoms with Gasteiger partial charge in [0.15, 0.2) is 0 Å². The zero-order valence-electron chi connectivity index (χ0n) is 16.2. The van der Waals surface area contributed by atoms with Gasteiger partial charge in [0, 0.05) is 23.0 Å². The van der Waals surface area contributed by atoms with E-state index in [-0.39, 0.29) is 10.9 Å². The predicted octanol–water partition coefficient (Wildman–Crippen LogP) is 3.36. The number of rotatable bonds is 3. The zero-order valence-corrected chi connectivity index (χ0v) is 17.0. The van der Waals surface area contributed by atoms with Crippen molar-refractivity contribution >= 4 is 38.7 Å². The van der Waals surface area contributed by atoms with Crippen molar-refractivity contribution < 1.29 is 12.8 Å². The van der Waals surface area contributed by atoms with Gasteiger partial charge in [-0.2, -0.15) is 9.37 Å². The summed E-state index contributed by atoms with van der Waals surface area (Å²) in [5.41, 5.74) is 1.48. The van der Waals surface area contributed by atoms with Crippen molar-refractivity contribution in [3.05, 3.63) is 42.2 Å². The molecule has 2 aromatic heterocycles. The number of fused-ring (bicyclic) bond motifs is 4. The third-order valence-corrected chi connectivity index (χ3v) is 6.86. The van der Waals surface area contributed by atoms with E-state index in [1.54, 1.807) is 18.3 Å². The van der Waals surface area contributed by atoms with E-state index in [2.05, 4.69) is 20.3 Å². The van der Waals surface area contributed by atoms with Crippen molar-refractivity contribution in [2.45, 2.75) is 49.1 Å². The number of aliphatic imine (C=N–C) groups is 1. The van der Waals surface area contributed by atoms with Crippen molar-refractivity contribution in [1.29, 1.82) is 0 Å². The summed E-state index contributed by atoms with van der Waals surface area (Å²) in [5, 5.41) is 9.06. The molecule has 3 aromatic rings. The molecule has 0 amide bonds. The lowest BCUT2D eigenvalue weighted by molar-refractivity contribution is 0.256. The van der Waals surface area contributed by atoms with Crippen LogP contribution in [0.4, 0.5) is 16.0 Å². The van der Waals surface area contributed by atoms with Crippen molar-refractivity contribution in [2.75, 3.05) is 5.32 Å². The van der Waals surface area contributed by atoms with Gasteiger partial charge in [0.1, 0.15) is 11.2 Å². The van der Waals surface area contributed by atoms with E-state index in [0.717, 1.165) is 30.3 Å². The van der Waals surface area contributed by atoms with Gasteiger partial charge in [-0.25, -0.2) is 18.5 Å². The fourth-order valence-corrected chi connectivity index (χ4v) is 5.03. The highest BCUT2D eigenvalue weighted by molar-refractivity contribution is 7.89. The van der Waals surface area contributed by atoms with Crippen molar-refractivity contribution in [1.82, 2.24) is 14.5 Å².